The third-order valence-electron chi connectivity index (χ3n) is 3.55. The number of carbonyl (C=O) groups excluding carboxylic acids is 1. The third kappa shape index (κ3) is 2.31. The van der Waals surface area contributed by atoms with Gasteiger partial charge in [-0.25, -0.2) is 0 Å². The van der Waals surface area contributed by atoms with Crippen LogP contribution in [0.4, 0.5) is 0 Å². The summed E-state index contributed by atoms with van der Waals surface area (Å²) in [5.74, 6) is -0.0554. The first-order valence-electron chi connectivity index (χ1n) is 6.03. The highest BCUT2D eigenvalue weighted by Crippen LogP contribution is 2.31. The number of rotatable bonds is 3. The minimum absolute atomic E-state index is 0.0554. The summed E-state index contributed by atoms with van der Waals surface area (Å²) in [5, 5.41) is 3.05. The lowest BCUT2D eigenvalue weighted by atomic mass is 9.76. The molecule has 0 bridgehead atoms. The second-order valence-electron chi connectivity index (χ2n) is 4.88. The number of amides is 1. The van der Waals surface area contributed by atoms with Crippen molar-refractivity contribution in [3.8, 4) is 0 Å². The average molecular weight is 233 g/mol. The van der Waals surface area contributed by atoms with Crippen LogP contribution in [0, 0.1) is 13.8 Å². The Bertz CT molecular complexity index is 433. The van der Waals surface area contributed by atoms with E-state index in [1.807, 2.05) is 26.0 Å². The number of nitrogens with zero attached hydrogens (tertiary/aromatic N) is 1. The smallest absolute Gasteiger partial charge is 0.253 e. The molecule has 0 saturated heterocycles. The maximum atomic E-state index is 12.1. The molecule has 1 saturated carbocycles. The van der Waals surface area contributed by atoms with Gasteiger partial charge in [-0.1, -0.05) is 0 Å². The van der Waals surface area contributed by atoms with E-state index in [0.29, 0.717) is 12.1 Å². The zero-order valence-corrected chi connectivity index (χ0v) is 10.4. The van der Waals surface area contributed by atoms with Crippen molar-refractivity contribution in [2.45, 2.75) is 38.6 Å². The molecule has 1 fully saturated rings. The van der Waals surface area contributed by atoms with Crippen LogP contribution in [-0.4, -0.2) is 23.0 Å². The number of nitrogens with two attached hydrogens (primary N) is 1. The molecular formula is C13H19N3O. The molecule has 1 aliphatic rings. The van der Waals surface area contributed by atoms with E-state index in [2.05, 4.69) is 10.3 Å². The van der Waals surface area contributed by atoms with Crippen molar-refractivity contribution in [2.24, 2.45) is 5.73 Å². The highest BCUT2D eigenvalue weighted by Gasteiger charge is 2.37. The molecule has 4 nitrogen and oxygen atoms in total. The Hall–Kier alpha value is -1.42. The second-order valence-corrected chi connectivity index (χ2v) is 4.88. The van der Waals surface area contributed by atoms with Crippen molar-refractivity contribution >= 4 is 5.91 Å². The summed E-state index contributed by atoms with van der Waals surface area (Å²) in [6, 6.07) is 3.69. The number of nitrogens with one attached hydrogen (secondary N) is 1. The Balaban J connectivity index is 2.14. The van der Waals surface area contributed by atoms with E-state index < -0.39 is 0 Å². The zero-order valence-electron chi connectivity index (χ0n) is 10.4. The molecule has 1 aromatic heterocycles. The Morgan fingerprint density at radius 1 is 1.47 bits per heavy atom. The van der Waals surface area contributed by atoms with E-state index in [9.17, 15) is 4.79 Å². The van der Waals surface area contributed by atoms with Crippen LogP contribution in [0.2, 0.25) is 0 Å². The Kier molecular flexibility index (Phi) is 3.15. The molecule has 1 heterocycles. The summed E-state index contributed by atoms with van der Waals surface area (Å²) in [5.41, 5.74) is 7.90. The van der Waals surface area contributed by atoms with Crippen LogP contribution in [0.3, 0.4) is 0 Å². The number of hydrogen-bond donors (Lipinski definition) is 2. The van der Waals surface area contributed by atoms with E-state index in [1.165, 1.54) is 0 Å². The van der Waals surface area contributed by atoms with Crippen LogP contribution in [-0.2, 0) is 0 Å². The average Bonchev–Trinajstić information content (AvgIpc) is 2.23. The molecule has 3 N–H and O–H groups in total. The Morgan fingerprint density at radius 2 is 2.18 bits per heavy atom. The molecule has 92 valence electrons. The van der Waals surface area contributed by atoms with Crippen LogP contribution in [0.15, 0.2) is 12.1 Å². The molecule has 0 aliphatic heterocycles. The standard InChI is InChI=1S/C13H19N3O/c1-9-4-5-11(10(2)15-9)12(17)16-13(8-14)6-3-7-13/h4-5H,3,6-8,14H2,1-2H3,(H,16,17). The zero-order chi connectivity index (χ0) is 12.5. The van der Waals surface area contributed by atoms with Gasteiger partial charge in [0.1, 0.15) is 0 Å². The van der Waals surface area contributed by atoms with Gasteiger partial charge >= 0.3 is 0 Å². The van der Waals surface area contributed by atoms with Gasteiger partial charge in [-0.05, 0) is 45.2 Å². The van der Waals surface area contributed by atoms with Crippen molar-refractivity contribution < 1.29 is 4.79 Å². The molecule has 2 rings (SSSR count). The molecule has 0 aromatic carbocycles. The van der Waals surface area contributed by atoms with Gasteiger partial charge < -0.3 is 11.1 Å². The predicted octanol–water partition coefficient (Wildman–Crippen LogP) is 1.31. The van der Waals surface area contributed by atoms with E-state index >= 15 is 0 Å². The first kappa shape index (κ1) is 12.0. The summed E-state index contributed by atoms with van der Waals surface area (Å²) in [6.07, 6.45) is 3.10. The summed E-state index contributed by atoms with van der Waals surface area (Å²) < 4.78 is 0. The lowest BCUT2D eigenvalue weighted by molar-refractivity contribution is 0.0836. The highest BCUT2D eigenvalue weighted by molar-refractivity contribution is 5.95. The predicted molar refractivity (Wildman–Crippen MR) is 66.8 cm³/mol. The number of hydrogen-bond acceptors (Lipinski definition) is 3. The van der Waals surface area contributed by atoms with Gasteiger partial charge in [-0.15, -0.1) is 0 Å². The van der Waals surface area contributed by atoms with Gasteiger partial charge in [0.2, 0.25) is 0 Å². The maximum absolute atomic E-state index is 12.1. The molecule has 0 unspecified atom stereocenters. The van der Waals surface area contributed by atoms with E-state index in [4.69, 9.17) is 5.73 Å². The molecular weight excluding hydrogens is 214 g/mol. The molecule has 1 amide bonds. The van der Waals surface area contributed by atoms with Crippen molar-refractivity contribution in [2.75, 3.05) is 6.54 Å². The largest absolute Gasteiger partial charge is 0.345 e. The molecule has 0 spiro atoms. The Morgan fingerprint density at radius 3 is 2.65 bits per heavy atom. The van der Waals surface area contributed by atoms with Crippen LogP contribution >= 0.6 is 0 Å². The topological polar surface area (TPSA) is 68.0 Å². The molecule has 1 aliphatic carbocycles. The molecule has 0 radical (unpaired) electrons. The van der Waals surface area contributed by atoms with Gasteiger partial charge in [-0.3, -0.25) is 9.78 Å². The molecule has 1 aromatic rings. The van der Waals surface area contributed by atoms with Gasteiger partial charge in [0.25, 0.3) is 5.91 Å². The van der Waals surface area contributed by atoms with Gasteiger partial charge in [0.05, 0.1) is 16.8 Å². The van der Waals surface area contributed by atoms with Crippen LogP contribution in [0.1, 0.15) is 41.0 Å². The minimum atomic E-state index is -0.172. The van der Waals surface area contributed by atoms with E-state index in [0.717, 1.165) is 30.7 Å². The monoisotopic (exact) mass is 233 g/mol. The molecule has 17 heavy (non-hydrogen) atoms. The van der Waals surface area contributed by atoms with Crippen molar-refractivity contribution in [1.82, 2.24) is 10.3 Å². The summed E-state index contributed by atoms with van der Waals surface area (Å²) in [4.78, 5) is 16.4. The SMILES string of the molecule is Cc1ccc(C(=O)NC2(CN)CCC2)c(C)n1. The normalized spacial score (nSPS) is 17.4. The van der Waals surface area contributed by atoms with Crippen LogP contribution < -0.4 is 11.1 Å². The summed E-state index contributed by atoms with van der Waals surface area (Å²) in [7, 11) is 0. The second kappa shape index (κ2) is 4.45. The third-order valence-corrected chi connectivity index (χ3v) is 3.55. The fourth-order valence-electron chi connectivity index (χ4n) is 2.22. The molecule has 4 heteroatoms. The van der Waals surface area contributed by atoms with Crippen molar-refractivity contribution in [1.29, 1.82) is 0 Å². The number of aryl methyl sites for hydroxylation is 2. The number of aromatic nitrogens is 1. The van der Waals surface area contributed by atoms with Gasteiger partial charge in [-0.2, -0.15) is 0 Å². The van der Waals surface area contributed by atoms with Crippen molar-refractivity contribution in [3.05, 3.63) is 29.1 Å². The number of carbonyl (C=O) groups is 1. The fourth-order valence-corrected chi connectivity index (χ4v) is 2.22. The Labute approximate surface area is 102 Å². The lowest BCUT2D eigenvalue weighted by Gasteiger charge is -2.41. The highest BCUT2D eigenvalue weighted by atomic mass is 16.1. The number of pyridine rings is 1. The van der Waals surface area contributed by atoms with Crippen LogP contribution in [0.5, 0.6) is 0 Å². The first-order valence-corrected chi connectivity index (χ1v) is 6.03. The molecule has 0 atom stereocenters. The minimum Gasteiger partial charge on any atom is -0.345 e. The summed E-state index contributed by atoms with van der Waals surface area (Å²) in [6.45, 7) is 4.29. The summed E-state index contributed by atoms with van der Waals surface area (Å²) >= 11 is 0. The van der Waals surface area contributed by atoms with Crippen molar-refractivity contribution in [3.63, 3.8) is 0 Å². The first-order chi connectivity index (χ1) is 8.06. The van der Waals surface area contributed by atoms with Gasteiger partial charge in [0, 0.05) is 12.2 Å². The lowest BCUT2D eigenvalue weighted by Crippen LogP contribution is -2.58. The van der Waals surface area contributed by atoms with E-state index in [1.54, 1.807) is 0 Å². The van der Waals surface area contributed by atoms with Crippen LogP contribution in [0.25, 0.3) is 0 Å². The van der Waals surface area contributed by atoms with E-state index in [-0.39, 0.29) is 11.4 Å². The quantitative estimate of drug-likeness (QED) is 0.827. The van der Waals surface area contributed by atoms with Gasteiger partial charge in [0.15, 0.2) is 0 Å². The maximum Gasteiger partial charge on any atom is 0.253 e. The fraction of sp³-hybridized carbons (Fsp3) is 0.538.